The molecule has 0 bridgehead atoms. The van der Waals surface area contributed by atoms with E-state index in [1.807, 2.05) is 0 Å². The molecule has 0 unspecified atom stereocenters. The lowest BCUT2D eigenvalue weighted by Gasteiger charge is -2.36. The van der Waals surface area contributed by atoms with Crippen LogP contribution in [0.4, 0.5) is 0 Å². The van der Waals surface area contributed by atoms with E-state index in [1.165, 1.54) is 0 Å². The van der Waals surface area contributed by atoms with Crippen molar-refractivity contribution < 1.29 is 34.2 Å². The Kier molecular flexibility index (Phi) is 5.65. The Morgan fingerprint density at radius 2 is 1.90 bits per heavy atom. The van der Waals surface area contributed by atoms with Crippen LogP contribution in [0.1, 0.15) is 33.1 Å². The van der Waals surface area contributed by atoms with E-state index in [0.717, 1.165) is 6.92 Å². The highest BCUT2D eigenvalue weighted by molar-refractivity contribution is 5.91. The molecule has 9 nitrogen and oxygen atoms in total. The molecule has 0 saturated carbocycles. The van der Waals surface area contributed by atoms with Crippen LogP contribution in [0.3, 0.4) is 0 Å². The number of amides is 2. The van der Waals surface area contributed by atoms with Crippen molar-refractivity contribution in [3.63, 3.8) is 0 Å². The Labute approximate surface area is 120 Å². The Morgan fingerprint density at radius 3 is 2.38 bits per heavy atom. The number of carboxylic acid groups (broad SMARTS) is 2. The second-order valence-corrected chi connectivity index (χ2v) is 4.86. The number of carboxylic acids is 2. The highest BCUT2D eigenvalue weighted by Crippen LogP contribution is 2.21. The van der Waals surface area contributed by atoms with Crippen LogP contribution in [0, 0.1) is 0 Å². The van der Waals surface area contributed by atoms with Gasteiger partial charge in [-0.15, -0.1) is 0 Å². The van der Waals surface area contributed by atoms with E-state index in [0.29, 0.717) is 11.5 Å². The molecule has 0 radical (unpaired) electrons. The molecule has 0 aliphatic carbocycles. The maximum absolute atomic E-state index is 12.3. The minimum Gasteiger partial charge on any atom is -0.481 e. The molecule has 1 saturated heterocycles. The van der Waals surface area contributed by atoms with Gasteiger partial charge in [0.1, 0.15) is 6.04 Å². The van der Waals surface area contributed by atoms with Crippen molar-refractivity contribution in [1.29, 1.82) is 0 Å². The zero-order valence-electron chi connectivity index (χ0n) is 11.7. The van der Waals surface area contributed by atoms with Gasteiger partial charge >= 0.3 is 11.9 Å². The highest BCUT2D eigenvalue weighted by Gasteiger charge is 2.39. The lowest BCUT2D eigenvalue weighted by Crippen LogP contribution is -2.56. The fourth-order valence-corrected chi connectivity index (χ4v) is 2.03. The quantitative estimate of drug-likeness (QED) is 0.615. The number of rotatable bonds is 5. The Balaban J connectivity index is 2.94. The molecule has 3 atom stereocenters. The third kappa shape index (κ3) is 4.71. The van der Waals surface area contributed by atoms with Crippen LogP contribution in [0.15, 0.2) is 0 Å². The first-order valence-corrected chi connectivity index (χ1v) is 6.44. The predicted octanol–water partition coefficient (Wildman–Crippen LogP) is -0.638. The van der Waals surface area contributed by atoms with Gasteiger partial charge in [-0.05, 0) is 19.8 Å². The van der Waals surface area contributed by atoms with Gasteiger partial charge < -0.3 is 15.5 Å². The molecule has 0 aromatic carbocycles. The van der Waals surface area contributed by atoms with E-state index < -0.39 is 42.3 Å². The summed E-state index contributed by atoms with van der Waals surface area (Å²) in [5, 5.41) is 20.8. The summed E-state index contributed by atoms with van der Waals surface area (Å²) in [5.41, 5.74) is 0. The molecule has 0 spiro atoms. The summed E-state index contributed by atoms with van der Waals surface area (Å²) < 4.78 is 0. The van der Waals surface area contributed by atoms with Crippen LogP contribution in [0.25, 0.3) is 0 Å². The largest absolute Gasteiger partial charge is 0.481 e. The fraction of sp³-hybridized carbons (Fsp3) is 0.667. The normalized spacial score (nSPS) is 23.2. The number of nitrogens with one attached hydrogen (secondary N) is 1. The molecule has 0 aromatic heterocycles. The molecule has 21 heavy (non-hydrogen) atoms. The van der Waals surface area contributed by atoms with Crippen molar-refractivity contribution >= 4 is 23.8 Å². The van der Waals surface area contributed by atoms with Gasteiger partial charge in [0.2, 0.25) is 5.91 Å². The number of carbonyl (C=O) groups is 4. The summed E-state index contributed by atoms with van der Waals surface area (Å²) in [5.74, 6) is -4.01. The minimum atomic E-state index is -1.37. The molecule has 1 fully saturated rings. The first-order valence-electron chi connectivity index (χ1n) is 6.44. The average Bonchev–Trinajstić information content (AvgIpc) is 2.35. The average molecular weight is 302 g/mol. The van der Waals surface area contributed by atoms with E-state index in [2.05, 4.69) is 5.32 Å². The molecule has 2 amide bonds. The van der Waals surface area contributed by atoms with Crippen molar-refractivity contribution in [3.8, 4) is 0 Å². The standard InChI is InChI=1S/C12H18N2O7/c1-6-3-4-9(12(19)20)14(21-6)11(18)8(5-10(16)17)13-7(2)15/h6,8-9H,3-5H2,1-2H3,(H,13,15)(H,16,17)(H,19,20)/t6-,8+,9+/m1/s1. The van der Waals surface area contributed by atoms with Gasteiger partial charge in [-0.1, -0.05) is 0 Å². The first kappa shape index (κ1) is 16.9. The molecule has 118 valence electrons. The van der Waals surface area contributed by atoms with Crippen LogP contribution >= 0.6 is 0 Å². The third-order valence-electron chi connectivity index (χ3n) is 2.98. The molecular formula is C12H18N2O7. The van der Waals surface area contributed by atoms with Crippen LogP contribution in [-0.4, -0.2) is 57.2 Å². The van der Waals surface area contributed by atoms with E-state index in [9.17, 15) is 19.2 Å². The van der Waals surface area contributed by atoms with Crippen LogP contribution in [-0.2, 0) is 24.0 Å². The van der Waals surface area contributed by atoms with Crippen molar-refractivity contribution in [2.75, 3.05) is 0 Å². The van der Waals surface area contributed by atoms with E-state index in [4.69, 9.17) is 15.1 Å². The monoisotopic (exact) mass is 302 g/mol. The summed E-state index contributed by atoms with van der Waals surface area (Å²) in [7, 11) is 0. The van der Waals surface area contributed by atoms with Gasteiger partial charge in [0, 0.05) is 6.92 Å². The van der Waals surface area contributed by atoms with Crippen molar-refractivity contribution in [3.05, 3.63) is 0 Å². The number of nitrogens with zero attached hydrogens (tertiary/aromatic N) is 1. The number of carbonyl (C=O) groups excluding carboxylic acids is 2. The maximum atomic E-state index is 12.3. The predicted molar refractivity (Wildman–Crippen MR) is 67.9 cm³/mol. The minimum absolute atomic E-state index is 0.197. The number of aliphatic carboxylic acids is 2. The third-order valence-corrected chi connectivity index (χ3v) is 2.98. The fourth-order valence-electron chi connectivity index (χ4n) is 2.03. The van der Waals surface area contributed by atoms with Gasteiger partial charge in [0.15, 0.2) is 6.04 Å². The molecular weight excluding hydrogens is 284 g/mol. The van der Waals surface area contributed by atoms with Gasteiger partial charge in [0.05, 0.1) is 12.5 Å². The topological polar surface area (TPSA) is 133 Å². The molecule has 1 aliphatic rings. The second-order valence-electron chi connectivity index (χ2n) is 4.86. The molecule has 1 aliphatic heterocycles. The Morgan fingerprint density at radius 1 is 1.29 bits per heavy atom. The van der Waals surface area contributed by atoms with Crippen LogP contribution in [0.2, 0.25) is 0 Å². The number of hydrogen-bond acceptors (Lipinski definition) is 5. The van der Waals surface area contributed by atoms with Crippen molar-refractivity contribution in [1.82, 2.24) is 10.4 Å². The van der Waals surface area contributed by atoms with Gasteiger partial charge in [-0.25, -0.2) is 9.86 Å². The van der Waals surface area contributed by atoms with E-state index in [1.54, 1.807) is 6.92 Å². The molecule has 0 aromatic rings. The lowest BCUT2D eigenvalue weighted by atomic mass is 10.0. The zero-order valence-corrected chi connectivity index (χ0v) is 11.7. The van der Waals surface area contributed by atoms with E-state index >= 15 is 0 Å². The smallest absolute Gasteiger partial charge is 0.329 e. The molecule has 3 N–H and O–H groups in total. The first-order chi connectivity index (χ1) is 9.72. The summed E-state index contributed by atoms with van der Waals surface area (Å²) in [6.45, 7) is 2.81. The van der Waals surface area contributed by atoms with Gasteiger partial charge in [0.25, 0.3) is 5.91 Å². The summed E-state index contributed by atoms with van der Waals surface area (Å²) in [6, 6.07) is -2.56. The van der Waals surface area contributed by atoms with Crippen LogP contribution < -0.4 is 5.32 Å². The SMILES string of the molecule is CC(=O)N[C@@H](CC(=O)O)C(=O)N1O[C@H](C)CC[C@H]1C(=O)O. The van der Waals surface area contributed by atoms with Crippen molar-refractivity contribution in [2.45, 2.75) is 51.3 Å². The maximum Gasteiger partial charge on any atom is 0.329 e. The van der Waals surface area contributed by atoms with Crippen molar-refractivity contribution in [2.24, 2.45) is 0 Å². The van der Waals surface area contributed by atoms with Crippen LogP contribution in [0.5, 0.6) is 0 Å². The Bertz CT molecular complexity index is 435. The second kappa shape index (κ2) is 7.02. The summed E-state index contributed by atoms with van der Waals surface area (Å²) >= 11 is 0. The molecule has 1 heterocycles. The van der Waals surface area contributed by atoms with Gasteiger partial charge in [-0.2, -0.15) is 0 Å². The molecule has 9 heteroatoms. The highest BCUT2D eigenvalue weighted by atomic mass is 16.7. The number of hydroxylamine groups is 2. The van der Waals surface area contributed by atoms with E-state index in [-0.39, 0.29) is 12.5 Å². The number of hydrogen-bond donors (Lipinski definition) is 3. The zero-order chi connectivity index (χ0) is 16.2. The summed E-state index contributed by atoms with van der Waals surface area (Å²) in [4.78, 5) is 50.5. The lowest BCUT2D eigenvalue weighted by molar-refractivity contribution is -0.241. The molecule has 1 rings (SSSR count). The summed E-state index contributed by atoms with van der Waals surface area (Å²) in [6.07, 6.45) is -0.363. The van der Waals surface area contributed by atoms with Gasteiger partial charge in [-0.3, -0.25) is 19.2 Å². The Hall–Kier alpha value is -2.16.